The van der Waals surface area contributed by atoms with Crippen LogP contribution in [0.15, 0.2) is 54.6 Å². The lowest BCUT2D eigenvalue weighted by Crippen LogP contribution is -1.88. The first kappa shape index (κ1) is 15.7. The van der Waals surface area contributed by atoms with E-state index in [0.29, 0.717) is 28.0 Å². The van der Waals surface area contributed by atoms with E-state index in [0.717, 1.165) is 0 Å². The minimum absolute atomic E-state index is 0.0251. The molecule has 3 N–H and O–H groups in total. The second-order valence-electron chi connectivity index (χ2n) is 5.28. The lowest BCUT2D eigenvalue weighted by Gasteiger charge is -2.09. The second-order valence-corrected chi connectivity index (χ2v) is 5.28. The van der Waals surface area contributed by atoms with Crippen LogP contribution < -0.4 is 4.74 Å². The molecule has 0 amide bonds. The van der Waals surface area contributed by atoms with Gasteiger partial charge in [0.1, 0.15) is 5.82 Å². The van der Waals surface area contributed by atoms with Crippen LogP contribution >= 0.6 is 0 Å². The summed E-state index contributed by atoms with van der Waals surface area (Å²) in [5, 5.41) is 28.7. The Balaban J connectivity index is 2.00. The van der Waals surface area contributed by atoms with Crippen molar-refractivity contribution in [2.24, 2.45) is 0 Å². The van der Waals surface area contributed by atoms with Gasteiger partial charge in [0.2, 0.25) is 0 Å². The molecule has 4 nitrogen and oxygen atoms in total. The molecule has 122 valence electrons. The maximum Gasteiger partial charge on any atom is 0.160 e. The second kappa shape index (κ2) is 6.12. The fraction of sp³-hybridized carbons (Fsp3) is 0.0526. The molecule has 3 aromatic rings. The van der Waals surface area contributed by atoms with E-state index in [2.05, 4.69) is 0 Å². The highest BCUT2D eigenvalue weighted by Crippen LogP contribution is 2.35. The molecule has 3 rings (SSSR count). The van der Waals surface area contributed by atoms with Crippen LogP contribution in [-0.4, -0.2) is 22.4 Å². The third-order valence-electron chi connectivity index (χ3n) is 3.77. The van der Waals surface area contributed by atoms with Crippen molar-refractivity contribution in [1.29, 1.82) is 0 Å². The van der Waals surface area contributed by atoms with Gasteiger partial charge < -0.3 is 20.1 Å². The number of hydrogen-bond donors (Lipinski definition) is 3. The zero-order valence-corrected chi connectivity index (χ0v) is 12.8. The van der Waals surface area contributed by atoms with Crippen molar-refractivity contribution in [3.8, 4) is 45.3 Å². The lowest BCUT2D eigenvalue weighted by molar-refractivity contribution is 0.373. The van der Waals surface area contributed by atoms with E-state index in [1.54, 1.807) is 24.3 Å². The first-order valence-corrected chi connectivity index (χ1v) is 7.19. The van der Waals surface area contributed by atoms with E-state index in [1.807, 2.05) is 0 Å². The van der Waals surface area contributed by atoms with Gasteiger partial charge in [-0.05, 0) is 47.0 Å². The van der Waals surface area contributed by atoms with Crippen LogP contribution in [0.5, 0.6) is 23.0 Å². The van der Waals surface area contributed by atoms with Gasteiger partial charge in [-0.1, -0.05) is 24.3 Å². The maximum absolute atomic E-state index is 14.5. The molecule has 0 radical (unpaired) electrons. The molecule has 0 bridgehead atoms. The highest BCUT2D eigenvalue weighted by atomic mass is 19.1. The van der Waals surface area contributed by atoms with Gasteiger partial charge in [-0.3, -0.25) is 0 Å². The molecule has 3 aromatic carbocycles. The summed E-state index contributed by atoms with van der Waals surface area (Å²) in [5.74, 6) is -0.730. The summed E-state index contributed by atoms with van der Waals surface area (Å²) in [4.78, 5) is 0. The Labute approximate surface area is 138 Å². The number of phenols is 3. The van der Waals surface area contributed by atoms with Crippen molar-refractivity contribution in [1.82, 2.24) is 0 Å². The Morgan fingerprint density at radius 3 is 1.96 bits per heavy atom. The zero-order valence-electron chi connectivity index (χ0n) is 12.8. The van der Waals surface area contributed by atoms with E-state index < -0.39 is 5.82 Å². The number of benzene rings is 3. The van der Waals surface area contributed by atoms with Gasteiger partial charge in [0, 0.05) is 5.56 Å². The number of halogens is 1. The number of hydrogen-bond acceptors (Lipinski definition) is 4. The summed E-state index contributed by atoms with van der Waals surface area (Å²) in [7, 11) is 1.45. The Morgan fingerprint density at radius 2 is 1.33 bits per heavy atom. The van der Waals surface area contributed by atoms with Crippen LogP contribution in [0.2, 0.25) is 0 Å². The average molecular weight is 326 g/mol. The van der Waals surface area contributed by atoms with Crippen LogP contribution in [0.1, 0.15) is 0 Å². The van der Waals surface area contributed by atoms with E-state index in [4.69, 9.17) is 4.74 Å². The number of aromatic hydroxyl groups is 3. The first-order valence-electron chi connectivity index (χ1n) is 7.19. The van der Waals surface area contributed by atoms with E-state index in [9.17, 15) is 19.7 Å². The van der Waals surface area contributed by atoms with Gasteiger partial charge in [0.15, 0.2) is 23.0 Å². The number of phenolic OH excluding ortho intramolecular Hbond substituents is 3. The molecule has 0 aromatic heterocycles. The van der Waals surface area contributed by atoms with Crippen molar-refractivity contribution in [2.75, 3.05) is 7.11 Å². The Bertz CT molecular complexity index is 906. The molecule has 0 spiro atoms. The molecular weight excluding hydrogens is 311 g/mol. The maximum atomic E-state index is 14.5. The highest BCUT2D eigenvalue weighted by molar-refractivity contribution is 5.73. The molecular formula is C19H15FO4. The van der Waals surface area contributed by atoms with Crippen LogP contribution in [0.25, 0.3) is 22.3 Å². The highest BCUT2D eigenvalue weighted by Gasteiger charge is 2.11. The standard InChI is InChI=1S/C19H15FO4/c1-24-19-7-4-12(9-18(19)23)11-2-5-14(15(20)8-11)13-3-6-16(21)17(22)10-13/h2-10,21-23H,1H3. The fourth-order valence-electron chi connectivity index (χ4n) is 2.49. The van der Waals surface area contributed by atoms with Crippen LogP contribution in [-0.2, 0) is 0 Å². The summed E-state index contributed by atoms with van der Waals surface area (Å²) in [6.45, 7) is 0. The van der Waals surface area contributed by atoms with Gasteiger partial charge in [0.05, 0.1) is 7.11 Å². The molecule has 5 heteroatoms. The molecule has 0 aliphatic rings. The summed E-state index contributed by atoms with van der Waals surface area (Å²) in [6.07, 6.45) is 0. The summed E-state index contributed by atoms with van der Waals surface area (Å²) in [5.41, 5.74) is 1.99. The number of rotatable bonds is 3. The van der Waals surface area contributed by atoms with E-state index >= 15 is 0 Å². The molecule has 0 atom stereocenters. The minimum atomic E-state index is -0.479. The predicted octanol–water partition coefficient (Wildman–Crippen LogP) is 4.29. The van der Waals surface area contributed by atoms with Gasteiger partial charge in [0.25, 0.3) is 0 Å². The zero-order chi connectivity index (χ0) is 17.3. The quantitative estimate of drug-likeness (QED) is 0.628. The van der Waals surface area contributed by atoms with E-state index in [1.165, 1.54) is 37.4 Å². The molecule has 0 saturated carbocycles. The van der Waals surface area contributed by atoms with Crippen LogP contribution in [0.4, 0.5) is 4.39 Å². The van der Waals surface area contributed by atoms with Crippen molar-refractivity contribution in [3.05, 3.63) is 60.4 Å². The molecule has 24 heavy (non-hydrogen) atoms. The van der Waals surface area contributed by atoms with Crippen molar-refractivity contribution >= 4 is 0 Å². The van der Waals surface area contributed by atoms with Gasteiger partial charge in [-0.2, -0.15) is 0 Å². The largest absolute Gasteiger partial charge is 0.504 e. The van der Waals surface area contributed by atoms with Gasteiger partial charge in [-0.15, -0.1) is 0 Å². The van der Waals surface area contributed by atoms with Crippen LogP contribution in [0.3, 0.4) is 0 Å². The Hall–Kier alpha value is -3.21. The molecule has 0 heterocycles. The van der Waals surface area contributed by atoms with Crippen molar-refractivity contribution in [3.63, 3.8) is 0 Å². The molecule has 0 fully saturated rings. The Morgan fingerprint density at radius 1 is 0.708 bits per heavy atom. The number of methoxy groups -OCH3 is 1. The van der Waals surface area contributed by atoms with Crippen molar-refractivity contribution in [2.45, 2.75) is 0 Å². The average Bonchev–Trinajstić information content (AvgIpc) is 2.57. The lowest BCUT2D eigenvalue weighted by atomic mass is 9.99. The topological polar surface area (TPSA) is 69.9 Å². The SMILES string of the molecule is COc1ccc(-c2ccc(-c3ccc(O)c(O)c3)c(F)c2)cc1O. The minimum Gasteiger partial charge on any atom is -0.504 e. The summed E-state index contributed by atoms with van der Waals surface area (Å²) >= 11 is 0. The van der Waals surface area contributed by atoms with Gasteiger partial charge in [-0.25, -0.2) is 4.39 Å². The number of ether oxygens (including phenoxy) is 1. The summed E-state index contributed by atoms with van der Waals surface area (Å²) < 4.78 is 19.5. The van der Waals surface area contributed by atoms with Gasteiger partial charge >= 0.3 is 0 Å². The first-order chi connectivity index (χ1) is 11.5. The molecule has 0 aliphatic carbocycles. The summed E-state index contributed by atoms with van der Waals surface area (Å²) in [6, 6.07) is 13.6. The third kappa shape index (κ3) is 2.84. The smallest absolute Gasteiger partial charge is 0.160 e. The van der Waals surface area contributed by atoms with E-state index in [-0.39, 0.29) is 17.2 Å². The molecule has 0 unspecified atom stereocenters. The third-order valence-corrected chi connectivity index (χ3v) is 3.77. The normalized spacial score (nSPS) is 10.6. The fourth-order valence-corrected chi connectivity index (χ4v) is 2.49. The van der Waals surface area contributed by atoms with Crippen molar-refractivity contribution < 1.29 is 24.4 Å². The molecule has 0 aliphatic heterocycles. The Kier molecular flexibility index (Phi) is 4.00. The molecule has 0 saturated heterocycles. The predicted molar refractivity (Wildman–Crippen MR) is 88.8 cm³/mol. The van der Waals surface area contributed by atoms with Crippen LogP contribution in [0, 0.1) is 5.82 Å². The monoisotopic (exact) mass is 326 g/mol.